The first-order valence-electron chi connectivity index (χ1n) is 8.91. The molecule has 1 heterocycles. The molecule has 1 amide bonds. The number of rotatable bonds is 8. The van der Waals surface area contributed by atoms with Crippen LogP contribution in [0.3, 0.4) is 0 Å². The van der Waals surface area contributed by atoms with Crippen LogP contribution in [0.5, 0.6) is 5.75 Å². The summed E-state index contributed by atoms with van der Waals surface area (Å²) in [6.07, 6.45) is 2.48. The Morgan fingerprint density at radius 3 is 2.69 bits per heavy atom. The summed E-state index contributed by atoms with van der Waals surface area (Å²) in [6, 6.07) is 18.1. The van der Waals surface area contributed by atoms with Crippen molar-refractivity contribution in [2.24, 2.45) is 5.16 Å². The number of aryl methyl sites for hydroxylation is 1. The van der Waals surface area contributed by atoms with Crippen molar-refractivity contribution in [2.45, 2.75) is 31.8 Å². The molecule has 1 atom stereocenters. The number of hydrogen-bond donors (Lipinski definition) is 1. The molecule has 3 rings (SSSR count). The molecule has 2 aromatic rings. The molecular formula is C21H24N2O3. The summed E-state index contributed by atoms with van der Waals surface area (Å²) < 4.78 is 5.32. The van der Waals surface area contributed by atoms with Gasteiger partial charge in [0.25, 0.3) is 5.91 Å². The SMILES string of the molecule is COc1ccccc1CCNC(=O)C1CC(CCc2ccccc2)=NO1. The molecule has 0 bridgehead atoms. The molecule has 0 fully saturated rings. The Balaban J connectivity index is 1.40. The smallest absolute Gasteiger partial charge is 0.264 e. The van der Waals surface area contributed by atoms with E-state index in [1.165, 1.54) is 5.56 Å². The van der Waals surface area contributed by atoms with E-state index < -0.39 is 6.10 Å². The number of carbonyl (C=O) groups excluding carboxylic acids is 1. The molecule has 0 saturated heterocycles. The molecule has 136 valence electrons. The lowest BCUT2D eigenvalue weighted by Crippen LogP contribution is -2.36. The van der Waals surface area contributed by atoms with Crippen molar-refractivity contribution in [3.8, 4) is 5.75 Å². The van der Waals surface area contributed by atoms with Gasteiger partial charge in [0.1, 0.15) is 5.75 Å². The maximum absolute atomic E-state index is 12.3. The fourth-order valence-corrected chi connectivity index (χ4v) is 2.99. The molecule has 26 heavy (non-hydrogen) atoms. The third kappa shape index (κ3) is 4.85. The molecule has 5 heteroatoms. The van der Waals surface area contributed by atoms with Crippen molar-refractivity contribution in [3.63, 3.8) is 0 Å². The van der Waals surface area contributed by atoms with Crippen molar-refractivity contribution in [1.82, 2.24) is 5.32 Å². The monoisotopic (exact) mass is 352 g/mol. The summed E-state index contributed by atoms with van der Waals surface area (Å²) in [5.74, 6) is 0.726. The van der Waals surface area contributed by atoms with Crippen LogP contribution in [0.25, 0.3) is 0 Å². The van der Waals surface area contributed by atoms with Gasteiger partial charge < -0.3 is 14.9 Å². The zero-order valence-corrected chi connectivity index (χ0v) is 15.0. The Bertz CT molecular complexity index is 759. The predicted octanol–water partition coefficient (Wildman–Crippen LogP) is 3.13. The first-order chi connectivity index (χ1) is 12.8. The summed E-state index contributed by atoms with van der Waals surface area (Å²) in [7, 11) is 1.65. The summed E-state index contributed by atoms with van der Waals surface area (Å²) in [6.45, 7) is 0.540. The second kappa shape index (κ2) is 9.04. The average molecular weight is 352 g/mol. The average Bonchev–Trinajstić information content (AvgIpc) is 3.17. The van der Waals surface area contributed by atoms with Gasteiger partial charge in [-0.1, -0.05) is 53.7 Å². The molecule has 1 aliphatic rings. The van der Waals surface area contributed by atoms with Crippen LogP contribution < -0.4 is 10.1 Å². The molecule has 5 nitrogen and oxygen atoms in total. The fourth-order valence-electron chi connectivity index (χ4n) is 2.99. The fraction of sp³-hybridized carbons (Fsp3) is 0.333. The number of para-hydroxylation sites is 1. The number of ether oxygens (including phenoxy) is 1. The quantitative estimate of drug-likeness (QED) is 0.794. The second-order valence-electron chi connectivity index (χ2n) is 6.29. The van der Waals surface area contributed by atoms with Crippen molar-refractivity contribution < 1.29 is 14.4 Å². The molecule has 0 radical (unpaired) electrons. The van der Waals surface area contributed by atoms with Gasteiger partial charge in [-0.25, -0.2) is 0 Å². The molecule has 0 spiro atoms. The van der Waals surface area contributed by atoms with E-state index in [1.54, 1.807) is 7.11 Å². The maximum Gasteiger partial charge on any atom is 0.264 e. The summed E-state index contributed by atoms with van der Waals surface area (Å²) in [5, 5.41) is 7.01. The number of nitrogens with one attached hydrogen (secondary N) is 1. The minimum atomic E-state index is -0.515. The van der Waals surface area contributed by atoms with Gasteiger partial charge in [-0.3, -0.25) is 4.79 Å². The third-order valence-electron chi connectivity index (χ3n) is 4.45. The highest BCUT2D eigenvalue weighted by Crippen LogP contribution is 2.18. The normalized spacial score (nSPS) is 15.9. The number of nitrogens with zero attached hydrogens (tertiary/aromatic N) is 1. The van der Waals surface area contributed by atoms with Gasteiger partial charge in [-0.15, -0.1) is 0 Å². The largest absolute Gasteiger partial charge is 0.496 e. The predicted molar refractivity (Wildman–Crippen MR) is 101 cm³/mol. The van der Waals surface area contributed by atoms with Gasteiger partial charge in [-0.2, -0.15) is 0 Å². The highest BCUT2D eigenvalue weighted by Gasteiger charge is 2.27. The Morgan fingerprint density at radius 2 is 1.88 bits per heavy atom. The molecular weight excluding hydrogens is 328 g/mol. The van der Waals surface area contributed by atoms with Gasteiger partial charge in [0, 0.05) is 13.0 Å². The summed E-state index contributed by atoms with van der Waals surface area (Å²) >= 11 is 0. The van der Waals surface area contributed by atoms with Gasteiger partial charge >= 0.3 is 0 Å². The molecule has 0 aromatic heterocycles. The number of oxime groups is 1. The molecule has 0 saturated carbocycles. The Labute approximate surface area is 154 Å². The number of benzene rings is 2. The van der Waals surface area contributed by atoms with Crippen molar-refractivity contribution >= 4 is 11.6 Å². The van der Waals surface area contributed by atoms with E-state index >= 15 is 0 Å². The Kier molecular flexibility index (Phi) is 6.25. The van der Waals surface area contributed by atoms with Crippen LogP contribution in [0.2, 0.25) is 0 Å². The van der Waals surface area contributed by atoms with Crippen LogP contribution in [0.1, 0.15) is 24.0 Å². The van der Waals surface area contributed by atoms with Crippen LogP contribution >= 0.6 is 0 Å². The first kappa shape index (κ1) is 18.0. The van der Waals surface area contributed by atoms with E-state index in [0.717, 1.165) is 29.9 Å². The Morgan fingerprint density at radius 1 is 1.12 bits per heavy atom. The van der Waals surface area contributed by atoms with E-state index in [-0.39, 0.29) is 5.91 Å². The lowest BCUT2D eigenvalue weighted by molar-refractivity contribution is -0.131. The number of amides is 1. The lowest BCUT2D eigenvalue weighted by Gasteiger charge is -2.11. The highest BCUT2D eigenvalue weighted by atomic mass is 16.6. The first-order valence-corrected chi connectivity index (χ1v) is 8.91. The molecule has 1 aliphatic heterocycles. The van der Waals surface area contributed by atoms with Gasteiger partial charge in [0.2, 0.25) is 6.10 Å². The number of methoxy groups -OCH3 is 1. The van der Waals surface area contributed by atoms with Gasteiger partial charge in [-0.05, 0) is 36.5 Å². The van der Waals surface area contributed by atoms with Crippen molar-refractivity contribution in [3.05, 3.63) is 65.7 Å². The van der Waals surface area contributed by atoms with Crippen LogP contribution in [0.4, 0.5) is 0 Å². The van der Waals surface area contributed by atoms with E-state index in [1.807, 2.05) is 42.5 Å². The van der Waals surface area contributed by atoms with Crippen molar-refractivity contribution in [2.75, 3.05) is 13.7 Å². The van der Waals surface area contributed by atoms with Crippen LogP contribution in [-0.2, 0) is 22.5 Å². The molecule has 2 aromatic carbocycles. The lowest BCUT2D eigenvalue weighted by atomic mass is 10.0. The topological polar surface area (TPSA) is 59.9 Å². The molecule has 1 N–H and O–H groups in total. The minimum Gasteiger partial charge on any atom is -0.496 e. The van der Waals surface area contributed by atoms with Gasteiger partial charge in [0.15, 0.2) is 0 Å². The Hall–Kier alpha value is -2.82. The van der Waals surface area contributed by atoms with E-state index in [9.17, 15) is 4.79 Å². The minimum absolute atomic E-state index is 0.113. The van der Waals surface area contributed by atoms with E-state index in [0.29, 0.717) is 19.4 Å². The zero-order chi connectivity index (χ0) is 18.2. The summed E-state index contributed by atoms with van der Waals surface area (Å²) in [5.41, 5.74) is 3.28. The van der Waals surface area contributed by atoms with Crippen molar-refractivity contribution in [1.29, 1.82) is 0 Å². The summed E-state index contributed by atoms with van der Waals surface area (Å²) in [4.78, 5) is 17.6. The number of carbonyl (C=O) groups is 1. The van der Waals surface area contributed by atoms with E-state index in [4.69, 9.17) is 9.57 Å². The zero-order valence-electron chi connectivity index (χ0n) is 15.0. The highest BCUT2D eigenvalue weighted by molar-refractivity contribution is 5.92. The van der Waals surface area contributed by atoms with E-state index in [2.05, 4.69) is 22.6 Å². The van der Waals surface area contributed by atoms with Crippen LogP contribution in [0, 0.1) is 0 Å². The van der Waals surface area contributed by atoms with Gasteiger partial charge in [0.05, 0.1) is 12.8 Å². The standard InChI is InChI=1S/C21H24N2O3/c1-25-19-10-6-5-9-17(19)13-14-22-21(24)20-15-18(23-26-20)12-11-16-7-3-2-4-8-16/h2-10,20H,11-15H2,1H3,(H,22,24). The molecule has 1 unspecified atom stereocenters. The number of hydrogen-bond acceptors (Lipinski definition) is 4. The molecule has 0 aliphatic carbocycles. The third-order valence-corrected chi connectivity index (χ3v) is 4.45. The van der Waals surface area contributed by atoms with Crippen LogP contribution in [0.15, 0.2) is 59.8 Å². The second-order valence-corrected chi connectivity index (χ2v) is 6.29. The van der Waals surface area contributed by atoms with Crippen LogP contribution in [-0.4, -0.2) is 31.4 Å². The maximum atomic E-state index is 12.3.